The van der Waals surface area contributed by atoms with Crippen molar-refractivity contribution in [2.45, 2.75) is 38.5 Å². The predicted molar refractivity (Wildman–Crippen MR) is 88.5 cm³/mol. The normalized spacial score (nSPS) is 21.8. The standard InChI is InChI=1S/C16H18ClFN4O2/c1-9-7-13(18)8-22(9)15(23)10(2)19-16-21-20-14(24-16)11-3-5-12(17)6-4-11/h3-6,9-10,13H,7-8H2,1-2H3,(H,19,21)/t9-,10+,13-/m0/s1. The molecule has 1 aromatic carbocycles. The highest BCUT2D eigenvalue weighted by molar-refractivity contribution is 6.30. The van der Waals surface area contributed by atoms with Gasteiger partial charge in [0, 0.05) is 23.0 Å². The smallest absolute Gasteiger partial charge is 0.316 e. The van der Waals surface area contributed by atoms with Gasteiger partial charge in [0.05, 0.1) is 6.54 Å². The van der Waals surface area contributed by atoms with Crippen molar-refractivity contribution in [3.63, 3.8) is 0 Å². The number of benzene rings is 1. The van der Waals surface area contributed by atoms with Crippen LogP contribution in [-0.4, -0.2) is 45.8 Å². The summed E-state index contributed by atoms with van der Waals surface area (Å²) in [6.45, 7) is 3.66. The number of hydrogen-bond acceptors (Lipinski definition) is 5. The maximum absolute atomic E-state index is 13.4. The first-order valence-electron chi connectivity index (χ1n) is 7.74. The van der Waals surface area contributed by atoms with Crippen LogP contribution < -0.4 is 5.32 Å². The molecule has 1 aliphatic heterocycles. The third-order valence-electron chi connectivity index (χ3n) is 4.03. The molecule has 0 unspecified atom stereocenters. The van der Waals surface area contributed by atoms with Crippen LogP contribution in [0, 0.1) is 0 Å². The molecule has 2 aromatic rings. The molecule has 1 aromatic heterocycles. The Morgan fingerprint density at radius 3 is 2.75 bits per heavy atom. The number of rotatable bonds is 4. The van der Waals surface area contributed by atoms with Crippen LogP contribution in [0.1, 0.15) is 20.3 Å². The number of carbonyl (C=O) groups excluding carboxylic acids is 1. The van der Waals surface area contributed by atoms with E-state index in [1.54, 1.807) is 36.1 Å². The molecule has 0 radical (unpaired) electrons. The first-order chi connectivity index (χ1) is 11.4. The molecule has 8 heteroatoms. The van der Waals surface area contributed by atoms with E-state index in [9.17, 15) is 9.18 Å². The molecule has 2 heterocycles. The van der Waals surface area contributed by atoms with Crippen LogP contribution in [0.3, 0.4) is 0 Å². The summed E-state index contributed by atoms with van der Waals surface area (Å²) in [6, 6.07) is 6.43. The number of aromatic nitrogens is 2. The Morgan fingerprint density at radius 2 is 2.12 bits per heavy atom. The van der Waals surface area contributed by atoms with Crippen LogP contribution in [-0.2, 0) is 4.79 Å². The van der Waals surface area contributed by atoms with Crippen molar-refractivity contribution in [3.8, 4) is 11.5 Å². The Morgan fingerprint density at radius 1 is 1.42 bits per heavy atom. The maximum Gasteiger partial charge on any atom is 0.316 e. The zero-order valence-electron chi connectivity index (χ0n) is 13.4. The van der Waals surface area contributed by atoms with Gasteiger partial charge in [0.1, 0.15) is 12.2 Å². The zero-order chi connectivity index (χ0) is 17.3. The summed E-state index contributed by atoms with van der Waals surface area (Å²) in [4.78, 5) is 14.0. The van der Waals surface area contributed by atoms with E-state index in [2.05, 4.69) is 15.5 Å². The van der Waals surface area contributed by atoms with Gasteiger partial charge >= 0.3 is 6.01 Å². The predicted octanol–water partition coefficient (Wildman–Crippen LogP) is 3.15. The fourth-order valence-corrected chi connectivity index (χ4v) is 2.88. The van der Waals surface area contributed by atoms with Gasteiger partial charge < -0.3 is 14.6 Å². The van der Waals surface area contributed by atoms with Crippen molar-refractivity contribution >= 4 is 23.5 Å². The Labute approximate surface area is 144 Å². The van der Waals surface area contributed by atoms with Gasteiger partial charge in [0.15, 0.2) is 0 Å². The van der Waals surface area contributed by atoms with E-state index in [0.29, 0.717) is 17.3 Å². The number of anilines is 1. The molecule has 3 atom stereocenters. The number of amides is 1. The van der Waals surface area contributed by atoms with Gasteiger partial charge in [-0.15, -0.1) is 5.10 Å². The van der Waals surface area contributed by atoms with Crippen LogP contribution in [0.2, 0.25) is 5.02 Å². The Balaban J connectivity index is 1.66. The second kappa shape index (κ2) is 6.76. The molecule has 1 fully saturated rings. The lowest BCUT2D eigenvalue weighted by Gasteiger charge is -2.24. The minimum atomic E-state index is -0.962. The zero-order valence-corrected chi connectivity index (χ0v) is 14.1. The van der Waals surface area contributed by atoms with Gasteiger partial charge in [-0.3, -0.25) is 4.79 Å². The summed E-state index contributed by atoms with van der Waals surface area (Å²) in [5, 5.41) is 11.3. The van der Waals surface area contributed by atoms with Crippen LogP contribution in [0.25, 0.3) is 11.5 Å². The number of nitrogens with one attached hydrogen (secondary N) is 1. The van der Waals surface area contributed by atoms with Crippen molar-refractivity contribution in [1.82, 2.24) is 15.1 Å². The minimum Gasteiger partial charge on any atom is -0.403 e. The van der Waals surface area contributed by atoms with Gasteiger partial charge in [0.2, 0.25) is 11.8 Å². The molecule has 0 spiro atoms. The Bertz CT molecular complexity index is 721. The summed E-state index contributed by atoms with van der Waals surface area (Å²) in [5.41, 5.74) is 0.729. The topological polar surface area (TPSA) is 71.3 Å². The average Bonchev–Trinajstić information content (AvgIpc) is 3.13. The molecule has 6 nitrogen and oxygen atoms in total. The molecule has 1 N–H and O–H groups in total. The van der Waals surface area contributed by atoms with Crippen molar-refractivity contribution in [1.29, 1.82) is 0 Å². The molecular weight excluding hydrogens is 335 g/mol. The molecule has 1 amide bonds. The van der Waals surface area contributed by atoms with Crippen LogP contribution in [0.4, 0.5) is 10.4 Å². The molecule has 128 valence electrons. The minimum absolute atomic E-state index is 0.107. The van der Waals surface area contributed by atoms with Crippen LogP contribution >= 0.6 is 11.6 Å². The van der Waals surface area contributed by atoms with Crippen molar-refractivity contribution < 1.29 is 13.6 Å². The second-order valence-electron chi connectivity index (χ2n) is 5.96. The summed E-state index contributed by atoms with van der Waals surface area (Å²) in [6.07, 6.45) is -0.587. The molecule has 3 rings (SSSR count). The number of carbonyl (C=O) groups is 1. The first-order valence-corrected chi connectivity index (χ1v) is 8.12. The maximum atomic E-state index is 13.4. The van der Waals surface area contributed by atoms with E-state index >= 15 is 0 Å². The monoisotopic (exact) mass is 352 g/mol. The largest absolute Gasteiger partial charge is 0.403 e. The lowest BCUT2D eigenvalue weighted by molar-refractivity contribution is -0.132. The highest BCUT2D eigenvalue weighted by Crippen LogP contribution is 2.23. The summed E-state index contributed by atoms with van der Waals surface area (Å²) in [5.74, 6) is 0.140. The number of hydrogen-bond donors (Lipinski definition) is 1. The lowest BCUT2D eigenvalue weighted by atomic mass is 10.2. The number of alkyl halides is 1. The van der Waals surface area contributed by atoms with E-state index in [1.807, 2.05) is 6.92 Å². The van der Waals surface area contributed by atoms with Gasteiger partial charge in [0.25, 0.3) is 0 Å². The number of halogens is 2. The first kappa shape index (κ1) is 16.7. The second-order valence-corrected chi connectivity index (χ2v) is 6.39. The average molecular weight is 353 g/mol. The Kier molecular flexibility index (Phi) is 4.71. The highest BCUT2D eigenvalue weighted by atomic mass is 35.5. The summed E-state index contributed by atoms with van der Waals surface area (Å²) < 4.78 is 18.9. The lowest BCUT2D eigenvalue weighted by Crippen LogP contribution is -2.43. The fourth-order valence-electron chi connectivity index (χ4n) is 2.76. The molecule has 1 saturated heterocycles. The molecule has 0 saturated carbocycles. The quantitative estimate of drug-likeness (QED) is 0.915. The molecule has 24 heavy (non-hydrogen) atoms. The molecule has 0 aliphatic carbocycles. The van der Waals surface area contributed by atoms with Gasteiger partial charge in [-0.05, 0) is 38.1 Å². The van der Waals surface area contributed by atoms with Crippen LogP contribution in [0.5, 0.6) is 0 Å². The SMILES string of the molecule is C[C@@H](Nc1nnc(-c2ccc(Cl)cc2)o1)C(=O)N1C[C@@H](F)C[C@@H]1C. The Hall–Kier alpha value is -2.15. The van der Waals surface area contributed by atoms with E-state index < -0.39 is 12.2 Å². The van der Waals surface area contributed by atoms with E-state index in [4.69, 9.17) is 16.0 Å². The number of likely N-dealkylation sites (tertiary alicyclic amines) is 1. The molecule has 0 bridgehead atoms. The van der Waals surface area contributed by atoms with Crippen molar-refractivity contribution in [2.75, 3.05) is 11.9 Å². The number of nitrogens with zero attached hydrogens (tertiary/aromatic N) is 3. The van der Waals surface area contributed by atoms with E-state index in [-0.39, 0.29) is 24.5 Å². The van der Waals surface area contributed by atoms with E-state index in [1.165, 1.54) is 0 Å². The fraction of sp³-hybridized carbons (Fsp3) is 0.438. The third kappa shape index (κ3) is 3.51. The van der Waals surface area contributed by atoms with Gasteiger partial charge in [-0.25, -0.2) is 4.39 Å². The van der Waals surface area contributed by atoms with Crippen LogP contribution in [0.15, 0.2) is 28.7 Å². The van der Waals surface area contributed by atoms with Gasteiger partial charge in [-0.2, -0.15) is 0 Å². The molecular formula is C16H18ClFN4O2. The van der Waals surface area contributed by atoms with Crippen molar-refractivity contribution in [3.05, 3.63) is 29.3 Å². The van der Waals surface area contributed by atoms with Crippen molar-refractivity contribution in [2.24, 2.45) is 0 Å². The third-order valence-corrected chi connectivity index (χ3v) is 4.29. The molecule has 1 aliphatic rings. The van der Waals surface area contributed by atoms with E-state index in [0.717, 1.165) is 5.56 Å². The highest BCUT2D eigenvalue weighted by Gasteiger charge is 2.34. The summed E-state index contributed by atoms with van der Waals surface area (Å²) >= 11 is 5.84. The summed E-state index contributed by atoms with van der Waals surface area (Å²) in [7, 11) is 0. The van der Waals surface area contributed by atoms with Gasteiger partial charge in [-0.1, -0.05) is 16.7 Å².